The van der Waals surface area contributed by atoms with Gasteiger partial charge in [-0.2, -0.15) is 0 Å². The van der Waals surface area contributed by atoms with Crippen LogP contribution in [0.3, 0.4) is 0 Å². The highest BCUT2D eigenvalue weighted by atomic mass is 35.5. The van der Waals surface area contributed by atoms with E-state index in [-0.39, 0.29) is 23.8 Å². The molecule has 2 aromatic rings. The zero-order chi connectivity index (χ0) is 20.8. The highest BCUT2D eigenvalue weighted by Crippen LogP contribution is 2.48. The van der Waals surface area contributed by atoms with E-state index < -0.39 is 5.60 Å². The second kappa shape index (κ2) is 7.61. The fourth-order valence-corrected chi connectivity index (χ4v) is 4.75. The van der Waals surface area contributed by atoms with Crippen LogP contribution in [0, 0.1) is 5.92 Å². The third-order valence-electron chi connectivity index (χ3n) is 5.02. The van der Waals surface area contributed by atoms with E-state index in [1.807, 2.05) is 45.0 Å². The van der Waals surface area contributed by atoms with Crippen LogP contribution >= 0.6 is 22.9 Å². The van der Waals surface area contributed by atoms with Crippen molar-refractivity contribution < 1.29 is 14.3 Å². The minimum atomic E-state index is -0.520. The molecule has 2 aliphatic rings. The first kappa shape index (κ1) is 20.2. The van der Waals surface area contributed by atoms with Gasteiger partial charge in [0.25, 0.3) is 0 Å². The molecule has 2 amide bonds. The molecule has 29 heavy (non-hydrogen) atoms. The molecule has 2 heterocycles. The van der Waals surface area contributed by atoms with Crippen molar-refractivity contribution in [3.63, 3.8) is 0 Å². The van der Waals surface area contributed by atoms with E-state index in [9.17, 15) is 9.59 Å². The zero-order valence-electron chi connectivity index (χ0n) is 16.7. The highest BCUT2D eigenvalue weighted by molar-refractivity contribution is 7.15. The summed E-state index contributed by atoms with van der Waals surface area (Å²) in [5.41, 5.74) is 1.53. The Morgan fingerprint density at radius 2 is 2.14 bits per heavy atom. The topological polar surface area (TPSA) is 71.5 Å². The number of aromatic nitrogens is 1. The maximum absolute atomic E-state index is 12.6. The van der Waals surface area contributed by atoms with Crippen molar-refractivity contribution in [3.8, 4) is 0 Å². The molecule has 0 saturated heterocycles. The van der Waals surface area contributed by atoms with Crippen LogP contribution in [-0.2, 0) is 22.5 Å². The number of anilines is 1. The highest BCUT2D eigenvalue weighted by Gasteiger charge is 2.44. The van der Waals surface area contributed by atoms with Crippen LogP contribution in [-0.4, -0.2) is 34.0 Å². The quantitative estimate of drug-likeness (QED) is 0.752. The van der Waals surface area contributed by atoms with Gasteiger partial charge in [0, 0.05) is 28.8 Å². The number of ether oxygens (including phenoxy) is 1. The third kappa shape index (κ3) is 4.73. The summed E-state index contributed by atoms with van der Waals surface area (Å²) in [6.07, 6.45) is 1.17. The standard InChI is InChI=1S/C21H24ClN3O3S/c1-21(2,3)28-20(27)25-8-7-16-17(11-25)29-19(23-16)24-18(26)15-10-14(15)12-5-4-6-13(22)9-12/h4-6,9,14-15H,7-8,10-11H2,1-3H3,(H,23,24,26). The number of rotatable bonds is 3. The van der Waals surface area contributed by atoms with Crippen LogP contribution < -0.4 is 5.32 Å². The first-order valence-corrected chi connectivity index (χ1v) is 10.9. The fraction of sp³-hybridized carbons (Fsp3) is 0.476. The van der Waals surface area contributed by atoms with Crippen LogP contribution in [0.25, 0.3) is 0 Å². The van der Waals surface area contributed by atoms with Gasteiger partial charge in [-0.25, -0.2) is 9.78 Å². The molecule has 2 atom stereocenters. The van der Waals surface area contributed by atoms with Gasteiger partial charge in [-0.3, -0.25) is 4.79 Å². The summed E-state index contributed by atoms with van der Waals surface area (Å²) in [7, 11) is 0. The number of thiazole rings is 1. The molecule has 1 aliphatic carbocycles. The number of fused-ring (bicyclic) bond motifs is 1. The van der Waals surface area contributed by atoms with E-state index in [1.165, 1.54) is 11.3 Å². The number of hydrogen-bond donors (Lipinski definition) is 1. The molecule has 8 heteroatoms. The molecule has 1 fully saturated rings. The van der Waals surface area contributed by atoms with Gasteiger partial charge in [-0.05, 0) is 50.8 Å². The van der Waals surface area contributed by atoms with E-state index in [0.717, 1.165) is 22.6 Å². The molecule has 4 rings (SSSR count). The molecule has 1 N–H and O–H groups in total. The number of hydrogen-bond acceptors (Lipinski definition) is 5. The van der Waals surface area contributed by atoms with Gasteiger partial charge in [-0.15, -0.1) is 0 Å². The maximum atomic E-state index is 12.6. The van der Waals surface area contributed by atoms with Crippen molar-refractivity contribution in [2.45, 2.75) is 51.7 Å². The van der Waals surface area contributed by atoms with Crippen LogP contribution in [0.1, 0.15) is 49.2 Å². The maximum Gasteiger partial charge on any atom is 0.410 e. The SMILES string of the molecule is CC(C)(C)OC(=O)N1CCc2nc(NC(=O)C3CC3c3cccc(Cl)c3)sc2C1. The molecule has 0 spiro atoms. The third-order valence-corrected chi connectivity index (χ3v) is 6.25. The second-order valence-electron chi connectivity index (χ2n) is 8.53. The molecule has 0 radical (unpaired) electrons. The number of nitrogens with one attached hydrogen (secondary N) is 1. The number of benzene rings is 1. The van der Waals surface area contributed by atoms with E-state index in [4.69, 9.17) is 16.3 Å². The van der Waals surface area contributed by atoms with Gasteiger partial charge in [0.1, 0.15) is 5.60 Å². The van der Waals surface area contributed by atoms with Crippen molar-refractivity contribution in [2.24, 2.45) is 5.92 Å². The van der Waals surface area contributed by atoms with Crippen molar-refractivity contribution >= 4 is 40.1 Å². The van der Waals surface area contributed by atoms with Crippen LogP contribution in [0.4, 0.5) is 9.93 Å². The lowest BCUT2D eigenvalue weighted by Gasteiger charge is -2.29. The lowest BCUT2D eigenvalue weighted by Crippen LogP contribution is -2.39. The average Bonchev–Trinajstić information content (AvgIpc) is 3.34. The Kier molecular flexibility index (Phi) is 5.29. The predicted octanol–water partition coefficient (Wildman–Crippen LogP) is 4.83. The van der Waals surface area contributed by atoms with Crippen molar-refractivity contribution in [3.05, 3.63) is 45.4 Å². The summed E-state index contributed by atoms with van der Waals surface area (Å²) in [5.74, 6) is 0.156. The molecule has 2 unspecified atom stereocenters. The lowest BCUT2D eigenvalue weighted by molar-refractivity contribution is -0.117. The van der Waals surface area contributed by atoms with Gasteiger partial charge in [-0.1, -0.05) is 35.1 Å². The first-order valence-electron chi connectivity index (χ1n) is 9.72. The van der Waals surface area contributed by atoms with Gasteiger partial charge in [0.2, 0.25) is 5.91 Å². The Bertz CT molecular complexity index is 953. The Labute approximate surface area is 179 Å². The second-order valence-corrected chi connectivity index (χ2v) is 10.1. The summed E-state index contributed by atoms with van der Waals surface area (Å²) in [5, 5.41) is 4.25. The molecular formula is C21H24ClN3O3S. The van der Waals surface area contributed by atoms with Crippen LogP contribution in [0.2, 0.25) is 5.02 Å². The van der Waals surface area contributed by atoms with Crippen molar-refractivity contribution in [1.82, 2.24) is 9.88 Å². The van der Waals surface area contributed by atoms with Crippen molar-refractivity contribution in [2.75, 3.05) is 11.9 Å². The average molecular weight is 434 g/mol. The molecule has 1 aromatic heterocycles. The zero-order valence-corrected chi connectivity index (χ0v) is 18.3. The molecule has 0 bridgehead atoms. The largest absolute Gasteiger partial charge is 0.444 e. The molecule has 6 nitrogen and oxygen atoms in total. The van der Waals surface area contributed by atoms with Gasteiger partial charge < -0.3 is 15.0 Å². The van der Waals surface area contributed by atoms with E-state index in [2.05, 4.69) is 10.3 Å². The molecular weight excluding hydrogens is 410 g/mol. The van der Waals surface area contributed by atoms with Crippen molar-refractivity contribution in [1.29, 1.82) is 0 Å². The molecule has 1 saturated carbocycles. The van der Waals surface area contributed by atoms with E-state index in [0.29, 0.717) is 29.7 Å². The number of halogens is 1. The number of nitrogens with zero attached hydrogens (tertiary/aromatic N) is 2. The Morgan fingerprint density at radius 3 is 2.86 bits per heavy atom. The number of carbonyl (C=O) groups excluding carboxylic acids is 2. The Balaban J connectivity index is 1.36. The molecule has 1 aromatic carbocycles. The first-order chi connectivity index (χ1) is 13.7. The number of amides is 2. The van der Waals surface area contributed by atoms with E-state index in [1.54, 1.807) is 4.90 Å². The minimum Gasteiger partial charge on any atom is -0.444 e. The van der Waals surface area contributed by atoms with E-state index >= 15 is 0 Å². The summed E-state index contributed by atoms with van der Waals surface area (Å²) in [6.45, 7) is 6.60. The van der Waals surface area contributed by atoms with Crippen LogP contribution in [0.5, 0.6) is 0 Å². The fourth-order valence-electron chi connectivity index (χ4n) is 3.52. The molecule has 154 valence electrons. The summed E-state index contributed by atoms with van der Waals surface area (Å²) in [6, 6.07) is 7.68. The number of carbonyl (C=O) groups is 2. The summed E-state index contributed by atoms with van der Waals surface area (Å²) >= 11 is 7.49. The Hall–Kier alpha value is -2.12. The Morgan fingerprint density at radius 1 is 1.34 bits per heavy atom. The normalized spacial score (nSPS) is 20.8. The van der Waals surface area contributed by atoms with Crippen LogP contribution in [0.15, 0.2) is 24.3 Å². The summed E-state index contributed by atoms with van der Waals surface area (Å²) < 4.78 is 5.46. The summed E-state index contributed by atoms with van der Waals surface area (Å²) in [4.78, 5) is 32.2. The van der Waals surface area contributed by atoms with Gasteiger partial charge >= 0.3 is 6.09 Å². The smallest absolute Gasteiger partial charge is 0.410 e. The minimum absolute atomic E-state index is 0.00919. The lowest BCUT2D eigenvalue weighted by atomic mass is 10.1. The predicted molar refractivity (Wildman–Crippen MR) is 113 cm³/mol. The molecule has 1 aliphatic heterocycles. The van der Waals surface area contributed by atoms with Gasteiger partial charge in [0.05, 0.1) is 12.2 Å². The monoisotopic (exact) mass is 433 g/mol. The van der Waals surface area contributed by atoms with Gasteiger partial charge in [0.15, 0.2) is 5.13 Å².